The summed E-state index contributed by atoms with van der Waals surface area (Å²) in [7, 11) is 0. The maximum absolute atomic E-state index is 11.9. The fourth-order valence-corrected chi connectivity index (χ4v) is 9.29. The summed E-state index contributed by atoms with van der Waals surface area (Å²) in [6.07, 6.45) is 11.8. The molecule has 5 aliphatic rings. The van der Waals surface area contributed by atoms with Crippen molar-refractivity contribution < 1.29 is 9.90 Å². The maximum Gasteiger partial charge on any atom is 0.217 e. The van der Waals surface area contributed by atoms with Crippen LogP contribution in [0.4, 0.5) is 0 Å². The van der Waals surface area contributed by atoms with Crippen LogP contribution in [0.25, 0.3) is 0 Å². The van der Waals surface area contributed by atoms with Crippen molar-refractivity contribution in [2.75, 3.05) is 12.0 Å². The van der Waals surface area contributed by atoms with Gasteiger partial charge in [-0.05, 0) is 98.4 Å². The zero-order valence-corrected chi connectivity index (χ0v) is 17.8. The molecule has 0 aromatic carbocycles. The van der Waals surface area contributed by atoms with E-state index in [2.05, 4.69) is 25.4 Å². The lowest BCUT2D eigenvalue weighted by atomic mass is 9.36. The second kappa shape index (κ2) is 6.40. The first-order valence-corrected chi connectivity index (χ1v) is 12.1. The first kappa shape index (κ1) is 19.1. The van der Waals surface area contributed by atoms with Gasteiger partial charge in [-0.15, -0.1) is 0 Å². The average molecular weight is 380 g/mol. The second-order valence-electron chi connectivity index (χ2n) is 10.4. The minimum atomic E-state index is -0.112. The molecule has 2 bridgehead atoms. The van der Waals surface area contributed by atoms with E-state index in [4.69, 9.17) is 0 Å². The summed E-state index contributed by atoms with van der Waals surface area (Å²) in [6, 6.07) is 0. The van der Waals surface area contributed by atoms with Gasteiger partial charge in [0.25, 0.3) is 0 Å². The molecule has 5 rings (SSSR count). The minimum absolute atomic E-state index is 0.0687. The van der Waals surface area contributed by atoms with E-state index in [0.29, 0.717) is 23.7 Å². The largest absolute Gasteiger partial charge is 0.392 e. The van der Waals surface area contributed by atoms with Gasteiger partial charge in [0.2, 0.25) is 5.91 Å². The van der Waals surface area contributed by atoms with E-state index in [1.807, 2.05) is 11.8 Å². The van der Waals surface area contributed by atoms with Crippen LogP contribution in [-0.2, 0) is 4.79 Å². The number of thioether (sulfide) groups is 1. The van der Waals surface area contributed by atoms with Crippen molar-refractivity contribution in [3.8, 4) is 0 Å². The van der Waals surface area contributed by atoms with Gasteiger partial charge >= 0.3 is 0 Å². The van der Waals surface area contributed by atoms with Crippen LogP contribution in [-0.4, -0.2) is 34.7 Å². The Morgan fingerprint density at radius 1 is 1.15 bits per heavy atom. The fourth-order valence-electron chi connectivity index (χ4n) is 8.45. The van der Waals surface area contributed by atoms with E-state index in [-0.39, 0.29) is 28.4 Å². The number of carbonyl (C=O) groups is 1. The number of rotatable bonds is 3. The molecule has 148 valence electrons. The number of fused-ring (bicyclic) bond motifs is 3. The molecule has 0 aromatic heterocycles. The molecule has 26 heavy (non-hydrogen) atoms. The minimum Gasteiger partial charge on any atom is -0.392 e. The van der Waals surface area contributed by atoms with Crippen molar-refractivity contribution >= 4 is 17.7 Å². The topological polar surface area (TPSA) is 49.3 Å². The summed E-state index contributed by atoms with van der Waals surface area (Å²) in [6.45, 7) is 6.48. The van der Waals surface area contributed by atoms with Crippen molar-refractivity contribution in [1.29, 1.82) is 0 Å². The molecular formula is C22H37NO2S. The highest BCUT2D eigenvalue weighted by Crippen LogP contribution is 2.71. The lowest BCUT2D eigenvalue weighted by Gasteiger charge is -2.70. The molecule has 2 N–H and O–H groups in total. The molecule has 1 spiro atoms. The van der Waals surface area contributed by atoms with E-state index in [1.54, 1.807) is 6.92 Å². The van der Waals surface area contributed by atoms with Crippen molar-refractivity contribution in [2.45, 2.75) is 83.8 Å². The van der Waals surface area contributed by atoms with Crippen LogP contribution in [0.2, 0.25) is 0 Å². The van der Waals surface area contributed by atoms with Gasteiger partial charge in [0.15, 0.2) is 0 Å². The smallest absolute Gasteiger partial charge is 0.217 e. The van der Waals surface area contributed by atoms with Crippen LogP contribution in [0.3, 0.4) is 0 Å². The Balaban J connectivity index is 1.68. The van der Waals surface area contributed by atoms with Crippen LogP contribution in [0.1, 0.15) is 72.1 Å². The van der Waals surface area contributed by atoms with Crippen molar-refractivity contribution in [3.05, 3.63) is 0 Å². The Morgan fingerprint density at radius 2 is 1.88 bits per heavy atom. The fraction of sp³-hybridized carbons (Fsp3) is 0.955. The summed E-state index contributed by atoms with van der Waals surface area (Å²) in [5.41, 5.74) is 0.341. The van der Waals surface area contributed by atoms with Crippen molar-refractivity contribution in [3.63, 3.8) is 0 Å². The summed E-state index contributed by atoms with van der Waals surface area (Å²) < 4.78 is 0. The van der Waals surface area contributed by atoms with Gasteiger partial charge in [0.1, 0.15) is 0 Å². The molecule has 0 saturated heterocycles. The van der Waals surface area contributed by atoms with E-state index >= 15 is 0 Å². The van der Waals surface area contributed by atoms with Crippen molar-refractivity contribution in [1.82, 2.24) is 5.32 Å². The molecule has 5 aliphatic carbocycles. The van der Waals surface area contributed by atoms with Gasteiger partial charge in [-0.3, -0.25) is 4.79 Å². The summed E-state index contributed by atoms with van der Waals surface area (Å²) >= 11 is 1.91. The van der Waals surface area contributed by atoms with Crippen LogP contribution >= 0.6 is 11.8 Å². The summed E-state index contributed by atoms with van der Waals surface area (Å²) in [4.78, 5) is 11.9. The molecule has 0 radical (unpaired) electrons. The maximum atomic E-state index is 11.9. The standard InChI is InChI=1S/C22H37NO2S/c1-14(24)23-21(3)9-5-8-20(2)17(21)7-11-22-10-6-15(12-18(20)22)16(13-26-4)19(22)25/h15-19,25H,5-13H2,1-4H3,(H,23,24)/t15-,16-,17-,18-,19+,20+,21+,22-/m0/s1. The molecule has 3 nitrogen and oxygen atoms in total. The lowest BCUT2D eigenvalue weighted by molar-refractivity contribution is -0.233. The number of nitrogens with one attached hydrogen (secondary N) is 1. The monoisotopic (exact) mass is 379 g/mol. The average Bonchev–Trinajstić information content (AvgIpc) is 2.57. The third-order valence-corrected chi connectivity index (χ3v) is 10.0. The van der Waals surface area contributed by atoms with Gasteiger partial charge in [-0.2, -0.15) is 11.8 Å². The zero-order valence-electron chi connectivity index (χ0n) is 17.0. The number of aliphatic hydroxyl groups excluding tert-OH is 1. The van der Waals surface area contributed by atoms with E-state index < -0.39 is 0 Å². The lowest BCUT2D eigenvalue weighted by Crippen LogP contribution is -2.69. The molecular weight excluding hydrogens is 342 g/mol. The van der Waals surface area contributed by atoms with E-state index in [9.17, 15) is 9.90 Å². The second-order valence-corrected chi connectivity index (χ2v) is 11.3. The Labute approximate surface area is 163 Å². The van der Waals surface area contributed by atoms with Crippen LogP contribution < -0.4 is 5.32 Å². The number of aliphatic hydroxyl groups is 1. The normalized spacial score (nSPS) is 52.9. The van der Waals surface area contributed by atoms with Gasteiger partial charge < -0.3 is 10.4 Å². The first-order valence-electron chi connectivity index (χ1n) is 10.7. The Bertz CT molecular complexity index is 582. The van der Waals surface area contributed by atoms with Crippen LogP contribution in [0.15, 0.2) is 0 Å². The van der Waals surface area contributed by atoms with E-state index in [1.165, 1.54) is 32.1 Å². The molecule has 1 amide bonds. The Kier molecular flexibility index (Phi) is 4.71. The zero-order chi connectivity index (χ0) is 18.7. The Hall–Kier alpha value is -0.220. The molecule has 4 heteroatoms. The highest BCUT2D eigenvalue weighted by atomic mass is 32.2. The van der Waals surface area contributed by atoms with Crippen molar-refractivity contribution in [2.24, 2.45) is 34.5 Å². The highest BCUT2D eigenvalue weighted by molar-refractivity contribution is 7.98. The molecule has 0 unspecified atom stereocenters. The highest BCUT2D eigenvalue weighted by Gasteiger charge is 2.67. The Morgan fingerprint density at radius 3 is 2.58 bits per heavy atom. The van der Waals surface area contributed by atoms with Gasteiger partial charge in [0.05, 0.1) is 6.10 Å². The van der Waals surface area contributed by atoms with E-state index in [0.717, 1.165) is 25.0 Å². The number of amides is 1. The number of carbonyl (C=O) groups excluding carboxylic acids is 1. The van der Waals surface area contributed by atoms with Crippen LogP contribution in [0, 0.1) is 34.5 Å². The van der Waals surface area contributed by atoms with Gasteiger partial charge in [-0.1, -0.05) is 13.3 Å². The summed E-state index contributed by atoms with van der Waals surface area (Å²) in [5.74, 6) is 3.61. The number of hydrogen-bond acceptors (Lipinski definition) is 3. The molecule has 8 atom stereocenters. The number of hydrogen-bond donors (Lipinski definition) is 2. The third-order valence-electron chi connectivity index (χ3n) is 9.31. The van der Waals surface area contributed by atoms with Gasteiger partial charge in [-0.25, -0.2) is 0 Å². The molecule has 0 aliphatic heterocycles. The SMILES string of the molecule is CSC[C@H]1[C@H]2CC[C@@]3(CC[C@H]4[C@@](C)(CCC[C@@]4(C)NC(C)=O)[C@@H]3C2)[C@@H]1O. The predicted octanol–water partition coefficient (Wildman–Crippen LogP) is 4.24. The molecule has 0 heterocycles. The quantitative estimate of drug-likeness (QED) is 0.771. The summed E-state index contributed by atoms with van der Waals surface area (Å²) in [5, 5.41) is 14.8. The van der Waals surface area contributed by atoms with Gasteiger partial charge in [0, 0.05) is 12.5 Å². The molecule has 5 fully saturated rings. The first-order chi connectivity index (χ1) is 12.3. The molecule has 5 saturated carbocycles. The van der Waals surface area contributed by atoms with Crippen LogP contribution in [0.5, 0.6) is 0 Å². The molecule has 0 aromatic rings. The third kappa shape index (κ3) is 2.53. The predicted molar refractivity (Wildman–Crippen MR) is 108 cm³/mol.